The van der Waals surface area contributed by atoms with Gasteiger partial charge in [0.25, 0.3) is 0 Å². The van der Waals surface area contributed by atoms with Gasteiger partial charge in [0.05, 0.1) is 17.5 Å². The maximum absolute atomic E-state index is 13.2. The molecule has 1 N–H and O–H groups in total. The number of imide groups is 1. The van der Waals surface area contributed by atoms with Crippen molar-refractivity contribution < 1.29 is 14.7 Å². The van der Waals surface area contributed by atoms with Gasteiger partial charge in [0, 0.05) is 11.1 Å². The van der Waals surface area contributed by atoms with Crippen molar-refractivity contribution in [2.45, 2.75) is 71.6 Å². The van der Waals surface area contributed by atoms with E-state index >= 15 is 0 Å². The molecule has 1 aromatic rings. The van der Waals surface area contributed by atoms with E-state index in [0.717, 1.165) is 30.4 Å². The zero-order chi connectivity index (χ0) is 19.9. The molecular formula is C23H31NO3. The summed E-state index contributed by atoms with van der Waals surface area (Å²) < 4.78 is 0. The minimum atomic E-state index is -0.291. The number of fused-ring (bicyclic) bond motifs is 5. The first-order valence-corrected chi connectivity index (χ1v) is 10.2. The number of phenolic OH excluding ortho intramolecular Hbond substituents is 1. The highest BCUT2D eigenvalue weighted by Gasteiger charge is 2.61. The van der Waals surface area contributed by atoms with Crippen molar-refractivity contribution >= 4 is 17.5 Å². The van der Waals surface area contributed by atoms with Crippen molar-refractivity contribution in [2.75, 3.05) is 4.90 Å². The van der Waals surface area contributed by atoms with Crippen molar-refractivity contribution in [3.63, 3.8) is 0 Å². The van der Waals surface area contributed by atoms with Crippen LogP contribution in [0.2, 0.25) is 0 Å². The monoisotopic (exact) mass is 369 g/mol. The lowest BCUT2D eigenvalue weighted by atomic mass is 9.79. The smallest absolute Gasteiger partial charge is 0.237 e. The third-order valence-electron chi connectivity index (χ3n) is 6.90. The number of hydrogen-bond donors (Lipinski definition) is 1. The third kappa shape index (κ3) is 2.63. The maximum Gasteiger partial charge on any atom is 0.237 e. The Morgan fingerprint density at radius 3 is 1.63 bits per heavy atom. The minimum Gasteiger partial charge on any atom is -0.507 e. The lowest BCUT2D eigenvalue weighted by molar-refractivity contribution is -0.123. The van der Waals surface area contributed by atoms with E-state index in [0.29, 0.717) is 17.5 Å². The lowest BCUT2D eigenvalue weighted by Gasteiger charge is -2.30. The Labute approximate surface area is 161 Å². The topological polar surface area (TPSA) is 57.6 Å². The summed E-state index contributed by atoms with van der Waals surface area (Å²) in [6.45, 7) is 12.3. The van der Waals surface area contributed by atoms with E-state index in [4.69, 9.17) is 0 Å². The van der Waals surface area contributed by atoms with E-state index < -0.39 is 0 Å². The first-order valence-electron chi connectivity index (χ1n) is 10.2. The molecule has 2 bridgehead atoms. The predicted molar refractivity (Wildman–Crippen MR) is 106 cm³/mol. The Balaban J connectivity index is 1.85. The van der Waals surface area contributed by atoms with Crippen LogP contribution in [0.3, 0.4) is 0 Å². The largest absolute Gasteiger partial charge is 0.507 e. The molecule has 1 saturated heterocycles. The molecule has 0 spiro atoms. The quantitative estimate of drug-likeness (QED) is 0.740. The summed E-state index contributed by atoms with van der Waals surface area (Å²) in [6, 6.07) is 3.70. The molecule has 3 fully saturated rings. The highest BCUT2D eigenvalue weighted by Crippen LogP contribution is 2.57. The van der Waals surface area contributed by atoms with Gasteiger partial charge in [-0.2, -0.15) is 0 Å². The third-order valence-corrected chi connectivity index (χ3v) is 6.90. The number of rotatable bonds is 1. The van der Waals surface area contributed by atoms with Gasteiger partial charge in [0.2, 0.25) is 11.8 Å². The fourth-order valence-electron chi connectivity index (χ4n) is 5.55. The van der Waals surface area contributed by atoms with Crippen molar-refractivity contribution in [3.8, 4) is 5.75 Å². The number of carbonyl (C=O) groups excluding carboxylic acids is 2. The van der Waals surface area contributed by atoms with E-state index in [-0.39, 0.29) is 40.2 Å². The second-order valence-electron chi connectivity index (χ2n) is 10.8. The van der Waals surface area contributed by atoms with E-state index in [2.05, 4.69) is 0 Å². The minimum absolute atomic E-state index is 0.0254. The molecule has 4 nitrogen and oxygen atoms in total. The first kappa shape index (κ1) is 18.5. The van der Waals surface area contributed by atoms with Gasteiger partial charge in [-0.15, -0.1) is 0 Å². The molecule has 4 heteroatoms. The molecule has 146 valence electrons. The number of carbonyl (C=O) groups is 2. The molecule has 1 aliphatic heterocycles. The standard InChI is InChI=1S/C23H31NO3/c1-22(2,3)15-10-14(11-16(19(15)25)23(4,5)6)24-20(26)17-12-7-8-13(9-12)18(17)21(24)27/h10-13,17-18,25H,7-9H2,1-6H3. The van der Waals surface area contributed by atoms with Crippen LogP contribution in [0.15, 0.2) is 12.1 Å². The molecule has 4 atom stereocenters. The van der Waals surface area contributed by atoms with Gasteiger partial charge in [-0.1, -0.05) is 41.5 Å². The number of aromatic hydroxyl groups is 1. The first-order chi connectivity index (χ1) is 12.4. The highest BCUT2D eigenvalue weighted by molar-refractivity contribution is 6.22. The molecule has 4 unspecified atom stereocenters. The molecule has 0 aromatic heterocycles. The van der Waals surface area contributed by atoms with E-state index in [1.54, 1.807) is 0 Å². The summed E-state index contributed by atoms with van der Waals surface area (Å²) in [5.41, 5.74) is 1.62. The van der Waals surface area contributed by atoms with Crippen molar-refractivity contribution in [1.29, 1.82) is 0 Å². The molecule has 2 saturated carbocycles. The van der Waals surface area contributed by atoms with Crippen molar-refractivity contribution in [2.24, 2.45) is 23.7 Å². The molecular weight excluding hydrogens is 338 g/mol. The Hall–Kier alpha value is -1.84. The average molecular weight is 370 g/mol. The number of hydrogen-bond acceptors (Lipinski definition) is 3. The Kier molecular flexibility index (Phi) is 3.83. The highest BCUT2D eigenvalue weighted by atomic mass is 16.3. The Morgan fingerprint density at radius 2 is 1.26 bits per heavy atom. The van der Waals surface area contributed by atoms with Gasteiger partial charge < -0.3 is 5.11 Å². The number of phenols is 1. The Bertz CT molecular complexity index is 764. The zero-order valence-corrected chi connectivity index (χ0v) is 17.3. The van der Waals surface area contributed by atoms with Crippen LogP contribution in [0, 0.1) is 23.7 Å². The van der Waals surface area contributed by atoms with Crippen molar-refractivity contribution in [3.05, 3.63) is 23.3 Å². The van der Waals surface area contributed by atoms with Crippen LogP contribution in [0.4, 0.5) is 5.69 Å². The van der Waals surface area contributed by atoms with Gasteiger partial charge in [-0.3, -0.25) is 14.5 Å². The lowest BCUT2D eigenvalue weighted by Crippen LogP contribution is -2.33. The molecule has 2 aliphatic carbocycles. The van der Waals surface area contributed by atoms with E-state index in [1.807, 2.05) is 53.7 Å². The summed E-state index contributed by atoms with van der Waals surface area (Å²) in [5.74, 6) is 0.733. The van der Waals surface area contributed by atoms with Crippen LogP contribution in [0.25, 0.3) is 0 Å². The zero-order valence-electron chi connectivity index (χ0n) is 17.3. The van der Waals surface area contributed by atoms with Gasteiger partial charge in [-0.05, 0) is 54.1 Å². The maximum atomic E-state index is 13.2. The van der Waals surface area contributed by atoms with Crippen LogP contribution in [0.1, 0.15) is 71.9 Å². The van der Waals surface area contributed by atoms with Crippen LogP contribution in [-0.4, -0.2) is 16.9 Å². The fraction of sp³-hybridized carbons (Fsp3) is 0.652. The summed E-state index contributed by atoms with van der Waals surface area (Å²) in [6.07, 6.45) is 3.19. The van der Waals surface area contributed by atoms with Crippen LogP contribution < -0.4 is 4.90 Å². The predicted octanol–water partition coefficient (Wildman–Crippen LogP) is 4.52. The molecule has 1 aromatic carbocycles. The Morgan fingerprint density at radius 1 is 0.852 bits per heavy atom. The second-order valence-corrected chi connectivity index (χ2v) is 10.8. The molecule has 2 amide bonds. The molecule has 4 rings (SSSR count). The van der Waals surface area contributed by atoms with Crippen LogP contribution in [-0.2, 0) is 20.4 Å². The summed E-state index contributed by atoms with van der Waals surface area (Å²) in [4.78, 5) is 27.9. The summed E-state index contributed by atoms with van der Waals surface area (Å²) in [5, 5.41) is 10.9. The number of amides is 2. The average Bonchev–Trinajstić information content (AvgIpc) is 3.20. The van der Waals surface area contributed by atoms with Gasteiger partial charge in [0.15, 0.2) is 0 Å². The normalized spacial score (nSPS) is 30.4. The summed E-state index contributed by atoms with van der Waals surface area (Å²) >= 11 is 0. The van der Waals surface area contributed by atoms with Crippen LogP contribution >= 0.6 is 0 Å². The van der Waals surface area contributed by atoms with E-state index in [1.165, 1.54) is 4.90 Å². The second kappa shape index (κ2) is 5.59. The van der Waals surface area contributed by atoms with Crippen LogP contribution in [0.5, 0.6) is 5.75 Å². The molecule has 27 heavy (non-hydrogen) atoms. The molecule has 0 radical (unpaired) electrons. The molecule has 3 aliphatic rings. The van der Waals surface area contributed by atoms with Gasteiger partial charge >= 0.3 is 0 Å². The number of benzene rings is 1. The SMILES string of the molecule is CC(C)(C)c1cc(N2C(=O)C3C4CCC(C4)C3C2=O)cc(C(C)(C)C)c1O. The van der Waals surface area contributed by atoms with Crippen molar-refractivity contribution in [1.82, 2.24) is 0 Å². The summed E-state index contributed by atoms with van der Waals surface area (Å²) in [7, 11) is 0. The van der Waals surface area contributed by atoms with Gasteiger partial charge in [-0.25, -0.2) is 0 Å². The number of anilines is 1. The fourth-order valence-corrected chi connectivity index (χ4v) is 5.55. The van der Waals surface area contributed by atoms with Gasteiger partial charge in [0.1, 0.15) is 5.75 Å². The molecule has 1 heterocycles. The number of nitrogens with zero attached hydrogens (tertiary/aromatic N) is 1. The van der Waals surface area contributed by atoms with E-state index in [9.17, 15) is 14.7 Å².